The quantitative estimate of drug-likeness (QED) is 0.662. The van der Waals surface area contributed by atoms with Gasteiger partial charge in [-0.1, -0.05) is 6.07 Å². The molecule has 0 spiro atoms. The van der Waals surface area contributed by atoms with Gasteiger partial charge in [-0.25, -0.2) is 0 Å². The van der Waals surface area contributed by atoms with Crippen LogP contribution in [0.5, 0.6) is 11.5 Å². The van der Waals surface area contributed by atoms with Crippen molar-refractivity contribution < 1.29 is 19.0 Å². The Labute approximate surface area is 173 Å². The first-order valence-electron chi connectivity index (χ1n) is 8.61. The molecule has 1 saturated heterocycles. The number of morpholine rings is 1. The van der Waals surface area contributed by atoms with Crippen molar-refractivity contribution in [3.05, 3.63) is 23.8 Å². The third kappa shape index (κ3) is 7.71. The number of benzene rings is 1. The SMILES string of the molecule is COc1ccc(C(CNC(=O)CC(C)N)N2CCOCC2)cc1OC.Cl.Cl. The van der Waals surface area contributed by atoms with Crippen molar-refractivity contribution in [1.29, 1.82) is 0 Å². The second-order valence-electron chi connectivity index (χ2n) is 6.26. The maximum atomic E-state index is 12.0. The molecule has 0 saturated carbocycles. The molecule has 0 aromatic heterocycles. The van der Waals surface area contributed by atoms with Crippen molar-refractivity contribution in [3.63, 3.8) is 0 Å². The van der Waals surface area contributed by atoms with Crippen LogP contribution in [0.1, 0.15) is 24.9 Å². The van der Waals surface area contributed by atoms with Gasteiger partial charge in [-0.05, 0) is 24.6 Å². The Morgan fingerprint density at radius 3 is 2.41 bits per heavy atom. The summed E-state index contributed by atoms with van der Waals surface area (Å²) in [6.07, 6.45) is 0.321. The van der Waals surface area contributed by atoms with Crippen LogP contribution in [0, 0.1) is 0 Å². The van der Waals surface area contributed by atoms with Crippen LogP contribution < -0.4 is 20.5 Å². The van der Waals surface area contributed by atoms with Crippen molar-refractivity contribution in [1.82, 2.24) is 10.2 Å². The number of hydrogen-bond acceptors (Lipinski definition) is 6. The summed E-state index contributed by atoms with van der Waals surface area (Å²) in [4.78, 5) is 14.3. The molecule has 0 aliphatic carbocycles. The topological polar surface area (TPSA) is 86.0 Å². The summed E-state index contributed by atoms with van der Waals surface area (Å²) in [5, 5.41) is 3.00. The van der Waals surface area contributed by atoms with E-state index < -0.39 is 0 Å². The fourth-order valence-corrected chi connectivity index (χ4v) is 2.98. The van der Waals surface area contributed by atoms with Crippen molar-refractivity contribution in [3.8, 4) is 11.5 Å². The molecule has 27 heavy (non-hydrogen) atoms. The van der Waals surface area contributed by atoms with E-state index in [2.05, 4.69) is 10.2 Å². The van der Waals surface area contributed by atoms with Crippen molar-refractivity contribution in [2.24, 2.45) is 5.73 Å². The fraction of sp³-hybridized carbons (Fsp3) is 0.611. The second-order valence-corrected chi connectivity index (χ2v) is 6.26. The summed E-state index contributed by atoms with van der Waals surface area (Å²) < 4.78 is 16.2. The van der Waals surface area contributed by atoms with Gasteiger partial charge in [-0.15, -0.1) is 24.8 Å². The van der Waals surface area contributed by atoms with Crippen LogP contribution in [0.4, 0.5) is 0 Å². The third-order valence-electron chi connectivity index (χ3n) is 4.28. The minimum Gasteiger partial charge on any atom is -0.493 e. The molecule has 1 heterocycles. The minimum atomic E-state index is -0.150. The molecule has 156 valence electrons. The van der Waals surface area contributed by atoms with Crippen molar-refractivity contribution in [2.45, 2.75) is 25.4 Å². The van der Waals surface area contributed by atoms with Crippen LogP contribution >= 0.6 is 24.8 Å². The van der Waals surface area contributed by atoms with Crippen LogP contribution in [0.15, 0.2) is 18.2 Å². The molecular weight excluding hydrogens is 393 g/mol. The van der Waals surface area contributed by atoms with Gasteiger partial charge >= 0.3 is 0 Å². The normalized spacial score (nSPS) is 16.3. The maximum absolute atomic E-state index is 12.0. The lowest BCUT2D eigenvalue weighted by Crippen LogP contribution is -2.44. The van der Waals surface area contributed by atoms with Crippen LogP contribution in [-0.4, -0.2) is 63.9 Å². The van der Waals surface area contributed by atoms with Gasteiger partial charge in [0.15, 0.2) is 11.5 Å². The summed E-state index contributed by atoms with van der Waals surface area (Å²) in [7, 11) is 3.24. The predicted octanol–water partition coefficient (Wildman–Crippen LogP) is 1.77. The van der Waals surface area contributed by atoms with Crippen LogP contribution in [0.25, 0.3) is 0 Å². The number of amides is 1. The van der Waals surface area contributed by atoms with Gasteiger partial charge in [0.2, 0.25) is 5.91 Å². The lowest BCUT2D eigenvalue weighted by Gasteiger charge is -2.35. The first kappa shape index (κ1) is 25.8. The Morgan fingerprint density at radius 2 is 1.85 bits per heavy atom. The van der Waals surface area contributed by atoms with Gasteiger partial charge < -0.3 is 25.3 Å². The van der Waals surface area contributed by atoms with Gasteiger partial charge in [0.05, 0.1) is 33.5 Å². The Bertz CT molecular complexity index is 570. The van der Waals surface area contributed by atoms with E-state index in [1.807, 2.05) is 25.1 Å². The second kappa shape index (κ2) is 13.0. The van der Waals surface area contributed by atoms with E-state index in [1.54, 1.807) is 14.2 Å². The molecule has 2 unspecified atom stereocenters. The summed E-state index contributed by atoms with van der Waals surface area (Å²) >= 11 is 0. The van der Waals surface area contributed by atoms with E-state index in [9.17, 15) is 4.79 Å². The van der Waals surface area contributed by atoms with Crippen LogP contribution in [-0.2, 0) is 9.53 Å². The highest BCUT2D eigenvalue weighted by Crippen LogP contribution is 2.32. The largest absolute Gasteiger partial charge is 0.493 e. The van der Waals surface area contributed by atoms with E-state index in [4.69, 9.17) is 19.9 Å². The summed E-state index contributed by atoms with van der Waals surface area (Å²) in [6, 6.07) is 5.77. The Morgan fingerprint density at radius 1 is 1.22 bits per heavy atom. The first-order chi connectivity index (χ1) is 12.0. The van der Waals surface area contributed by atoms with E-state index in [0.717, 1.165) is 18.7 Å². The number of halogens is 2. The Kier molecular flexibility index (Phi) is 12.4. The molecule has 1 amide bonds. The zero-order valence-electron chi connectivity index (χ0n) is 16.1. The molecule has 1 aromatic carbocycles. The summed E-state index contributed by atoms with van der Waals surface area (Å²) in [5.41, 5.74) is 6.78. The number of nitrogens with one attached hydrogen (secondary N) is 1. The van der Waals surface area contributed by atoms with Crippen molar-refractivity contribution in [2.75, 3.05) is 47.1 Å². The standard InChI is InChI=1S/C18H29N3O4.2ClH/c1-13(19)10-18(22)20-12-15(21-6-8-25-9-7-21)14-4-5-16(23-2)17(11-14)24-3;;/h4-5,11,13,15H,6-10,12,19H2,1-3H3,(H,20,22);2*1H. The van der Waals surface area contributed by atoms with Crippen LogP contribution in [0.2, 0.25) is 0 Å². The molecule has 1 aliphatic rings. The summed E-state index contributed by atoms with van der Waals surface area (Å²) in [5.74, 6) is 1.34. The smallest absolute Gasteiger partial charge is 0.221 e. The Hall–Kier alpha value is -1.25. The molecule has 0 bridgehead atoms. The highest BCUT2D eigenvalue weighted by molar-refractivity contribution is 5.85. The molecule has 9 heteroatoms. The molecule has 2 rings (SSSR count). The lowest BCUT2D eigenvalue weighted by molar-refractivity contribution is -0.121. The van der Waals surface area contributed by atoms with Gasteiger partial charge in [0, 0.05) is 32.1 Å². The van der Waals surface area contributed by atoms with Gasteiger partial charge in [-0.3, -0.25) is 9.69 Å². The number of ether oxygens (including phenoxy) is 3. The minimum absolute atomic E-state index is 0. The molecule has 1 aliphatic heterocycles. The average molecular weight is 424 g/mol. The Balaban J connectivity index is 0.00000338. The zero-order chi connectivity index (χ0) is 18.2. The lowest BCUT2D eigenvalue weighted by atomic mass is 10.0. The molecule has 1 aromatic rings. The maximum Gasteiger partial charge on any atom is 0.221 e. The highest BCUT2D eigenvalue weighted by Gasteiger charge is 2.24. The highest BCUT2D eigenvalue weighted by atomic mass is 35.5. The van der Waals surface area contributed by atoms with E-state index in [-0.39, 0.29) is 42.8 Å². The van der Waals surface area contributed by atoms with Gasteiger partial charge in [0.1, 0.15) is 0 Å². The monoisotopic (exact) mass is 423 g/mol. The number of rotatable bonds is 8. The third-order valence-corrected chi connectivity index (χ3v) is 4.28. The number of hydrogen-bond donors (Lipinski definition) is 2. The molecule has 3 N–H and O–H groups in total. The van der Waals surface area contributed by atoms with Crippen LogP contribution in [0.3, 0.4) is 0 Å². The first-order valence-corrected chi connectivity index (χ1v) is 8.61. The predicted molar refractivity (Wildman–Crippen MR) is 110 cm³/mol. The number of nitrogens with two attached hydrogens (primary N) is 1. The number of methoxy groups -OCH3 is 2. The molecule has 7 nitrogen and oxygen atoms in total. The molecule has 1 fully saturated rings. The van der Waals surface area contributed by atoms with E-state index >= 15 is 0 Å². The van der Waals surface area contributed by atoms with Gasteiger partial charge in [0.25, 0.3) is 0 Å². The molecule has 2 atom stereocenters. The zero-order valence-corrected chi connectivity index (χ0v) is 17.7. The molecular formula is C18H31Cl2N3O4. The number of carbonyl (C=O) groups is 1. The number of nitrogens with zero attached hydrogens (tertiary/aromatic N) is 1. The fourth-order valence-electron chi connectivity index (χ4n) is 2.98. The van der Waals surface area contributed by atoms with E-state index in [0.29, 0.717) is 37.7 Å². The molecule has 0 radical (unpaired) electrons. The van der Waals surface area contributed by atoms with Gasteiger partial charge in [-0.2, -0.15) is 0 Å². The summed E-state index contributed by atoms with van der Waals surface area (Å²) in [6.45, 7) is 5.37. The van der Waals surface area contributed by atoms with Crippen molar-refractivity contribution >= 4 is 30.7 Å². The number of carbonyl (C=O) groups excluding carboxylic acids is 1. The van der Waals surface area contributed by atoms with E-state index in [1.165, 1.54) is 0 Å². The average Bonchev–Trinajstić information content (AvgIpc) is 2.62.